The smallest absolute Gasteiger partial charge is 0.231 e. The number of anilines is 1. The summed E-state index contributed by atoms with van der Waals surface area (Å²) in [5.74, 6) is 2.00. The molecule has 7 heteroatoms. The van der Waals surface area contributed by atoms with E-state index in [1.807, 2.05) is 5.38 Å². The van der Waals surface area contributed by atoms with Gasteiger partial charge >= 0.3 is 0 Å². The van der Waals surface area contributed by atoms with Gasteiger partial charge in [0.15, 0.2) is 5.51 Å². The number of benzene rings is 1. The molecule has 1 aliphatic heterocycles. The van der Waals surface area contributed by atoms with E-state index in [1.54, 1.807) is 12.1 Å². The molecular weight excluding hydrogens is 315 g/mol. The van der Waals surface area contributed by atoms with Gasteiger partial charge in [0.05, 0.1) is 5.92 Å². The summed E-state index contributed by atoms with van der Waals surface area (Å²) >= 11 is 1.47. The Hall–Kier alpha value is -2.28. The molecule has 0 bridgehead atoms. The van der Waals surface area contributed by atoms with Crippen molar-refractivity contribution in [1.82, 2.24) is 15.1 Å². The molecule has 1 fully saturated rings. The lowest BCUT2D eigenvalue weighted by molar-refractivity contribution is 0.333. The van der Waals surface area contributed by atoms with Gasteiger partial charge in [0.25, 0.3) is 0 Å². The zero-order valence-electron chi connectivity index (χ0n) is 12.3. The van der Waals surface area contributed by atoms with Crippen molar-refractivity contribution in [3.05, 3.63) is 46.9 Å². The lowest BCUT2D eigenvalue weighted by Crippen LogP contribution is -2.34. The van der Waals surface area contributed by atoms with Gasteiger partial charge in [0.2, 0.25) is 11.7 Å². The Kier molecular flexibility index (Phi) is 3.78. The first-order valence-electron chi connectivity index (χ1n) is 7.45. The molecule has 1 aromatic carbocycles. The normalized spacial score (nSPS) is 18.3. The fourth-order valence-electron chi connectivity index (χ4n) is 2.83. The van der Waals surface area contributed by atoms with Crippen LogP contribution in [0.1, 0.15) is 24.7 Å². The van der Waals surface area contributed by atoms with Crippen molar-refractivity contribution >= 4 is 17.2 Å². The Balaban J connectivity index is 1.53. The van der Waals surface area contributed by atoms with Gasteiger partial charge in [-0.15, -0.1) is 11.3 Å². The third kappa shape index (κ3) is 2.96. The van der Waals surface area contributed by atoms with Crippen LogP contribution in [-0.4, -0.2) is 28.2 Å². The van der Waals surface area contributed by atoms with Crippen LogP contribution in [0.4, 0.5) is 10.2 Å². The molecule has 0 N–H and O–H groups in total. The molecule has 0 spiro atoms. The van der Waals surface area contributed by atoms with Crippen LogP contribution in [0.25, 0.3) is 11.4 Å². The highest BCUT2D eigenvalue weighted by atomic mass is 32.1. The predicted molar refractivity (Wildman–Crippen MR) is 84.8 cm³/mol. The molecule has 3 heterocycles. The number of halogens is 1. The first-order valence-corrected chi connectivity index (χ1v) is 8.33. The molecule has 2 aromatic heterocycles. The molecule has 1 aliphatic rings. The Morgan fingerprint density at radius 3 is 2.96 bits per heavy atom. The topological polar surface area (TPSA) is 55.1 Å². The first kappa shape index (κ1) is 14.3. The van der Waals surface area contributed by atoms with E-state index in [0.29, 0.717) is 11.7 Å². The lowest BCUT2D eigenvalue weighted by atomic mass is 9.98. The third-order valence-corrected chi connectivity index (χ3v) is 4.54. The Labute approximate surface area is 136 Å². The second-order valence-electron chi connectivity index (χ2n) is 5.55. The number of rotatable bonds is 3. The van der Waals surface area contributed by atoms with Gasteiger partial charge in [-0.3, -0.25) is 0 Å². The van der Waals surface area contributed by atoms with Gasteiger partial charge in [-0.2, -0.15) is 4.98 Å². The van der Waals surface area contributed by atoms with E-state index >= 15 is 0 Å². The van der Waals surface area contributed by atoms with Crippen LogP contribution in [0.5, 0.6) is 0 Å². The van der Waals surface area contributed by atoms with E-state index in [1.165, 1.54) is 23.5 Å². The third-order valence-electron chi connectivity index (χ3n) is 4.02. The number of aromatic nitrogens is 3. The van der Waals surface area contributed by atoms with Crippen molar-refractivity contribution in [2.75, 3.05) is 18.0 Å². The standard InChI is InChI=1S/C16H14FN4OS/c17-13-5-3-11(4-6-13)15-19-16(22-20-15)12-2-1-7-21(8-12)14-9-23-10-18-14/h3-6,9,12H,1-2,7-8H2/t12-/m0/s1. The Morgan fingerprint density at radius 1 is 1.30 bits per heavy atom. The summed E-state index contributed by atoms with van der Waals surface area (Å²) in [6.45, 7) is 1.79. The number of nitrogens with zero attached hydrogens (tertiary/aromatic N) is 4. The van der Waals surface area contributed by atoms with Gasteiger partial charge in [0.1, 0.15) is 11.6 Å². The maximum absolute atomic E-state index is 13.0. The van der Waals surface area contributed by atoms with Gasteiger partial charge < -0.3 is 9.42 Å². The maximum atomic E-state index is 13.0. The van der Waals surface area contributed by atoms with Crippen LogP contribution in [0.15, 0.2) is 34.2 Å². The summed E-state index contributed by atoms with van der Waals surface area (Å²) in [7, 11) is 0. The summed E-state index contributed by atoms with van der Waals surface area (Å²) < 4.78 is 18.4. The zero-order valence-corrected chi connectivity index (χ0v) is 13.1. The highest BCUT2D eigenvalue weighted by Gasteiger charge is 2.27. The lowest BCUT2D eigenvalue weighted by Gasteiger charge is -2.30. The van der Waals surface area contributed by atoms with Crippen molar-refractivity contribution in [3.63, 3.8) is 0 Å². The predicted octanol–water partition coefficient (Wildman–Crippen LogP) is 3.52. The van der Waals surface area contributed by atoms with Crippen molar-refractivity contribution in [3.8, 4) is 11.4 Å². The van der Waals surface area contributed by atoms with Crippen molar-refractivity contribution < 1.29 is 8.91 Å². The van der Waals surface area contributed by atoms with Crippen molar-refractivity contribution in [2.45, 2.75) is 18.8 Å². The monoisotopic (exact) mass is 329 g/mol. The summed E-state index contributed by atoms with van der Waals surface area (Å²) in [6, 6.07) is 6.10. The fourth-order valence-corrected chi connectivity index (χ4v) is 3.33. The van der Waals surface area contributed by atoms with E-state index in [-0.39, 0.29) is 11.7 Å². The van der Waals surface area contributed by atoms with E-state index in [0.717, 1.165) is 37.3 Å². The maximum Gasteiger partial charge on any atom is 0.231 e. The Morgan fingerprint density at radius 2 is 2.17 bits per heavy atom. The average molecular weight is 329 g/mol. The fraction of sp³-hybridized carbons (Fsp3) is 0.312. The summed E-state index contributed by atoms with van der Waals surface area (Å²) in [5.41, 5.74) is 3.63. The number of piperidine rings is 1. The molecule has 0 amide bonds. The minimum absolute atomic E-state index is 0.187. The number of hydrogen-bond acceptors (Lipinski definition) is 6. The van der Waals surface area contributed by atoms with Crippen LogP contribution >= 0.6 is 11.3 Å². The van der Waals surface area contributed by atoms with Crippen LogP contribution in [0.2, 0.25) is 0 Å². The van der Waals surface area contributed by atoms with Crippen LogP contribution in [-0.2, 0) is 0 Å². The molecule has 117 valence electrons. The van der Waals surface area contributed by atoms with Crippen LogP contribution < -0.4 is 4.90 Å². The highest BCUT2D eigenvalue weighted by Crippen LogP contribution is 2.30. The largest absolute Gasteiger partial charge is 0.355 e. The molecule has 5 nitrogen and oxygen atoms in total. The SMILES string of the molecule is Fc1ccc(-c2noc([C@H]3CCCN(c4cs[c]n4)C3)n2)cc1. The van der Waals surface area contributed by atoms with Crippen molar-refractivity contribution in [2.24, 2.45) is 0 Å². The van der Waals surface area contributed by atoms with Gasteiger partial charge in [0, 0.05) is 24.0 Å². The molecule has 4 rings (SSSR count). The molecule has 1 radical (unpaired) electrons. The Bertz CT molecular complexity index is 772. The molecule has 23 heavy (non-hydrogen) atoms. The van der Waals surface area contributed by atoms with Crippen LogP contribution in [0, 0.1) is 11.3 Å². The molecular formula is C16H14FN4OS. The van der Waals surface area contributed by atoms with E-state index < -0.39 is 0 Å². The average Bonchev–Trinajstić information content (AvgIpc) is 3.28. The summed E-state index contributed by atoms with van der Waals surface area (Å²) in [4.78, 5) is 11.0. The molecule has 0 aliphatic carbocycles. The molecule has 0 saturated carbocycles. The van der Waals surface area contributed by atoms with Gasteiger partial charge in [-0.05, 0) is 37.1 Å². The number of hydrogen-bond donors (Lipinski definition) is 0. The minimum Gasteiger partial charge on any atom is -0.355 e. The molecule has 1 saturated heterocycles. The zero-order chi connectivity index (χ0) is 15.6. The molecule has 0 unspecified atom stereocenters. The van der Waals surface area contributed by atoms with E-state index in [4.69, 9.17) is 4.52 Å². The van der Waals surface area contributed by atoms with Crippen molar-refractivity contribution in [1.29, 1.82) is 0 Å². The summed E-state index contributed by atoms with van der Waals surface area (Å²) in [6.07, 6.45) is 2.06. The van der Waals surface area contributed by atoms with E-state index in [9.17, 15) is 4.39 Å². The molecule has 3 aromatic rings. The second-order valence-corrected chi connectivity index (χ2v) is 6.20. The highest BCUT2D eigenvalue weighted by molar-refractivity contribution is 7.07. The van der Waals surface area contributed by atoms with E-state index in [2.05, 4.69) is 25.5 Å². The van der Waals surface area contributed by atoms with Gasteiger partial charge in [-0.1, -0.05) is 5.16 Å². The van der Waals surface area contributed by atoms with Gasteiger partial charge in [-0.25, -0.2) is 9.37 Å². The molecule has 1 atom stereocenters. The first-order chi connectivity index (χ1) is 11.3. The van der Waals surface area contributed by atoms with Crippen LogP contribution in [0.3, 0.4) is 0 Å². The second kappa shape index (κ2) is 6.08. The quantitative estimate of drug-likeness (QED) is 0.736. The summed E-state index contributed by atoms with van der Waals surface area (Å²) in [5, 5.41) is 6.03. The number of thiazole rings is 1. The minimum atomic E-state index is -0.277.